The quantitative estimate of drug-likeness (QED) is 0.172. The summed E-state index contributed by atoms with van der Waals surface area (Å²) in [5.74, 6) is -1.12. The maximum Gasteiger partial charge on any atom is 0.276 e. The normalized spacial score (nSPS) is 12.7. The van der Waals surface area contributed by atoms with Crippen molar-refractivity contribution in [3.05, 3.63) is 130 Å². The highest BCUT2D eigenvalue weighted by Gasteiger charge is 2.24. The van der Waals surface area contributed by atoms with E-state index in [9.17, 15) is 39.3 Å². The van der Waals surface area contributed by atoms with E-state index in [1.807, 2.05) is 0 Å². The highest BCUT2D eigenvalue weighted by atomic mass is 19.1. The standard InChI is InChI=1S/C25H19FN4O7/c1-13(16-10-19(29(34)35)12-20(11-16)30(36)37)27-21(14-5-7-17(26)8-6-14)15-3-2-4-18(9-15)28-22-23(31)25(33)24(22)32/h2-13,21,27-28,31H,1H3. The van der Waals surface area contributed by atoms with E-state index in [2.05, 4.69) is 10.6 Å². The van der Waals surface area contributed by atoms with Gasteiger partial charge in [0.25, 0.3) is 22.2 Å². The Morgan fingerprint density at radius 1 is 0.838 bits per heavy atom. The van der Waals surface area contributed by atoms with Crippen LogP contribution in [-0.2, 0) is 0 Å². The van der Waals surface area contributed by atoms with E-state index < -0.39 is 55.7 Å². The molecule has 0 bridgehead atoms. The average Bonchev–Trinajstić information content (AvgIpc) is 2.90. The van der Waals surface area contributed by atoms with Crippen molar-refractivity contribution in [1.82, 2.24) is 5.32 Å². The lowest BCUT2D eigenvalue weighted by Gasteiger charge is -2.25. The molecule has 4 aromatic rings. The Morgan fingerprint density at radius 3 is 2.03 bits per heavy atom. The molecule has 0 spiro atoms. The van der Waals surface area contributed by atoms with Crippen molar-refractivity contribution in [2.24, 2.45) is 0 Å². The summed E-state index contributed by atoms with van der Waals surface area (Å²) in [6.45, 7) is 1.67. The maximum atomic E-state index is 13.6. The molecule has 2 unspecified atom stereocenters. The number of nitro groups is 2. The van der Waals surface area contributed by atoms with Crippen molar-refractivity contribution in [2.75, 3.05) is 5.32 Å². The molecular formula is C25H19FN4O7. The fourth-order valence-corrected chi connectivity index (χ4v) is 3.90. The smallest absolute Gasteiger partial charge is 0.276 e. The second-order valence-electron chi connectivity index (χ2n) is 8.30. The van der Waals surface area contributed by atoms with Gasteiger partial charge in [-0.2, -0.15) is 0 Å². The zero-order valence-electron chi connectivity index (χ0n) is 19.2. The topological polar surface area (TPSA) is 165 Å². The van der Waals surface area contributed by atoms with Gasteiger partial charge >= 0.3 is 0 Å². The number of nitrogens with one attached hydrogen (secondary N) is 2. The summed E-state index contributed by atoms with van der Waals surface area (Å²) in [4.78, 5) is 44.3. The predicted molar refractivity (Wildman–Crippen MR) is 132 cm³/mol. The fraction of sp³-hybridized carbons (Fsp3) is 0.120. The van der Waals surface area contributed by atoms with Crippen molar-refractivity contribution >= 4 is 22.7 Å². The van der Waals surface area contributed by atoms with Crippen LogP contribution in [0.2, 0.25) is 0 Å². The second-order valence-corrected chi connectivity index (χ2v) is 8.30. The lowest BCUT2D eigenvalue weighted by Crippen LogP contribution is -2.32. The van der Waals surface area contributed by atoms with Crippen LogP contribution in [0.25, 0.3) is 0 Å². The van der Waals surface area contributed by atoms with Gasteiger partial charge in [0.1, 0.15) is 11.5 Å². The molecule has 11 nitrogen and oxygen atoms in total. The van der Waals surface area contributed by atoms with Gasteiger partial charge in [0.15, 0.2) is 5.75 Å². The molecule has 4 aromatic carbocycles. The number of halogens is 1. The molecular weight excluding hydrogens is 487 g/mol. The number of nitro benzene ring substituents is 2. The number of hydrogen-bond acceptors (Lipinski definition) is 9. The number of anilines is 2. The molecule has 0 fully saturated rings. The van der Waals surface area contributed by atoms with Crippen molar-refractivity contribution in [3.8, 4) is 5.75 Å². The molecule has 0 saturated heterocycles. The molecule has 0 heterocycles. The fourth-order valence-electron chi connectivity index (χ4n) is 3.90. The first-order valence-electron chi connectivity index (χ1n) is 10.9. The van der Waals surface area contributed by atoms with Crippen LogP contribution in [0.5, 0.6) is 5.75 Å². The van der Waals surface area contributed by atoms with E-state index >= 15 is 0 Å². The number of nitrogens with zero attached hydrogens (tertiary/aromatic N) is 2. The maximum absolute atomic E-state index is 13.6. The summed E-state index contributed by atoms with van der Waals surface area (Å²) in [7, 11) is 0. The van der Waals surface area contributed by atoms with Gasteiger partial charge in [-0.3, -0.25) is 35.1 Å². The zero-order valence-corrected chi connectivity index (χ0v) is 19.2. The van der Waals surface area contributed by atoms with Gasteiger partial charge in [0.2, 0.25) is 0 Å². The van der Waals surface area contributed by atoms with Gasteiger partial charge in [-0.25, -0.2) is 4.39 Å². The Hall–Kier alpha value is -4.97. The van der Waals surface area contributed by atoms with Gasteiger partial charge < -0.3 is 10.4 Å². The second kappa shape index (κ2) is 9.95. The monoisotopic (exact) mass is 506 g/mol. The Labute approximate surface area is 207 Å². The minimum Gasteiger partial charge on any atom is -0.502 e. The Kier molecular flexibility index (Phi) is 6.76. The molecule has 0 aliphatic carbocycles. The zero-order chi connectivity index (χ0) is 26.9. The molecule has 3 N–H and O–H groups in total. The summed E-state index contributed by atoms with van der Waals surface area (Å²) in [6, 6.07) is 14.3. The van der Waals surface area contributed by atoms with E-state index in [1.165, 1.54) is 36.4 Å². The van der Waals surface area contributed by atoms with Crippen molar-refractivity contribution in [2.45, 2.75) is 19.0 Å². The summed E-state index contributed by atoms with van der Waals surface area (Å²) in [6.07, 6.45) is 0. The van der Waals surface area contributed by atoms with Gasteiger partial charge in [-0.15, -0.1) is 0 Å². The number of benzene rings is 3. The molecule has 0 saturated carbocycles. The highest BCUT2D eigenvalue weighted by Crippen LogP contribution is 2.32. The van der Waals surface area contributed by atoms with E-state index in [0.717, 1.165) is 6.07 Å². The minimum atomic E-state index is -0.982. The summed E-state index contributed by atoms with van der Waals surface area (Å²) in [5.41, 5.74) is -1.04. The molecule has 37 heavy (non-hydrogen) atoms. The molecule has 12 heteroatoms. The molecule has 0 amide bonds. The van der Waals surface area contributed by atoms with Crippen LogP contribution in [0, 0.1) is 26.0 Å². The van der Waals surface area contributed by atoms with Gasteiger partial charge in [0, 0.05) is 23.9 Å². The van der Waals surface area contributed by atoms with Crippen LogP contribution in [0.4, 0.5) is 27.1 Å². The van der Waals surface area contributed by atoms with Crippen LogP contribution in [0.15, 0.2) is 76.3 Å². The molecule has 0 aliphatic rings. The van der Waals surface area contributed by atoms with Crippen molar-refractivity contribution in [1.29, 1.82) is 0 Å². The van der Waals surface area contributed by atoms with Crippen LogP contribution >= 0.6 is 0 Å². The molecule has 0 aromatic heterocycles. The third-order valence-electron chi connectivity index (χ3n) is 5.84. The molecule has 188 valence electrons. The lowest BCUT2D eigenvalue weighted by atomic mass is 9.96. The SMILES string of the molecule is CC(NC(c1ccc(F)cc1)c1cccc(Nc2c(O)c(=O)c2=O)c1)c1cc([N+](=O)[O-])cc([N+](=O)[O-])c1. The van der Waals surface area contributed by atoms with Crippen LogP contribution in [0.3, 0.4) is 0 Å². The minimum absolute atomic E-state index is 0.231. The Balaban J connectivity index is 1.72. The van der Waals surface area contributed by atoms with Crippen LogP contribution in [0.1, 0.15) is 35.7 Å². The first-order valence-corrected chi connectivity index (χ1v) is 10.9. The Bertz CT molecular complexity index is 1550. The molecule has 2 atom stereocenters. The lowest BCUT2D eigenvalue weighted by molar-refractivity contribution is -0.394. The molecule has 0 aliphatic heterocycles. The highest BCUT2D eigenvalue weighted by molar-refractivity contribution is 5.69. The van der Waals surface area contributed by atoms with Gasteiger partial charge in [-0.1, -0.05) is 24.3 Å². The number of rotatable bonds is 9. The predicted octanol–water partition coefficient (Wildman–Crippen LogP) is 4.13. The third-order valence-corrected chi connectivity index (χ3v) is 5.84. The van der Waals surface area contributed by atoms with Gasteiger partial charge in [0.05, 0.1) is 22.0 Å². The largest absolute Gasteiger partial charge is 0.502 e. The summed E-state index contributed by atoms with van der Waals surface area (Å²) >= 11 is 0. The van der Waals surface area contributed by atoms with E-state index in [0.29, 0.717) is 16.8 Å². The summed E-state index contributed by atoms with van der Waals surface area (Å²) < 4.78 is 13.6. The van der Waals surface area contributed by atoms with E-state index in [4.69, 9.17) is 0 Å². The van der Waals surface area contributed by atoms with Crippen molar-refractivity contribution in [3.63, 3.8) is 0 Å². The number of non-ortho nitro benzene ring substituents is 2. The summed E-state index contributed by atoms with van der Waals surface area (Å²) in [5, 5.41) is 38.3. The van der Waals surface area contributed by atoms with Crippen LogP contribution in [-0.4, -0.2) is 15.0 Å². The van der Waals surface area contributed by atoms with E-state index in [-0.39, 0.29) is 11.3 Å². The van der Waals surface area contributed by atoms with Gasteiger partial charge in [-0.05, 0) is 47.9 Å². The number of hydrogen-bond donors (Lipinski definition) is 3. The van der Waals surface area contributed by atoms with E-state index in [1.54, 1.807) is 31.2 Å². The Morgan fingerprint density at radius 2 is 1.46 bits per heavy atom. The molecule has 0 radical (unpaired) electrons. The number of aromatic hydroxyl groups is 1. The average molecular weight is 506 g/mol. The first kappa shape index (κ1) is 25.1. The van der Waals surface area contributed by atoms with Crippen LogP contribution < -0.4 is 21.5 Å². The first-order chi connectivity index (χ1) is 17.5. The van der Waals surface area contributed by atoms with Crippen molar-refractivity contribution < 1.29 is 19.3 Å². The third kappa shape index (κ3) is 5.18. The molecule has 4 rings (SSSR count).